The Bertz CT molecular complexity index is 140. The van der Waals surface area contributed by atoms with Crippen LogP contribution in [0.5, 0.6) is 0 Å². The molecule has 0 amide bonds. The number of hydrogen-bond acceptors (Lipinski definition) is 0. The molecule has 0 bridgehead atoms. The summed E-state index contributed by atoms with van der Waals surface area (Å²) in [5.74, 6) is 0.617. The molecular weight excluding hydrogens is 132 g/mol. The van der Waals surface area contributed by atoms with E-state index < -0.39 is 0 Å². The molecule has 64 valence electrons. The fourth-order valence-corrected chi connectivity index (χ4v) is 0.882. The summed E-state index contributed by atoms with van der Waals surface area (Å²) in [5.41, 5.74) is 1.46. The van der Waals surface area contributed by atoms with Gasteiger partial charge in [-0.15, -0.1) is 0 Å². The molecule has 0 fully saturated rings. The van der Waals surface area contributed by atoms with Crippen LogP contribution < -0.4 is 0 Å². The SMILES string of the molecule is C/C=C(\C)C(C)/C=C/CCC. The highest BCUT2D eigenvalue weighted by Crippen LogP contribution is 2.10. The average molecular weight is 152 g/mol. The Morgan fingerprint density at radius 1 is 1.45 bits per heavy atom. The zero-order chi connectivity index (χ0) is 8.69. The fourth-order valence-electron chi connectivity index (χ4n) is 0.882. The summed E-state index contributed by atoms with van der Waals surface area (Å²) in [4.78, 5) is 0. The standard InChI is InChI=1S/C11H20/c1-5-7-8-9-11(4)10(3)6-2/h6,8-9,11H,5,7H2,1-4H3/b9-8+,10-6+. The van der Waals surface area contributed by atoms with Crippen LogP contribution >= 0.6 is 0 Å². The highest BCUT2D eigenvalue weighted by Gasteiger charge is 1.95. The monoisotopic (exact) mass is 152 g/mol. The lowest BCUT2D eigenvalue weighted by atomic mass is 10.0. The first-order chi connectivity index (χ1) is 5.22. The van der Waals surface area contributed by atoms with Gasteiger partial charge in [-0.05, 0) is 26.2 Å². The molecule has 0 heterocycles. The van der Waals surface area contributed by atoms with Gasteiger partial charge < -0.3 is 0 Å². The van der Waals surface area contributed by atoms with E-state index in [0.29, 0.717) is 5.92 Å². The first-order valence-corrected chi connectivity index (χ1v) is 4.51. The third-order valence-corrected chi connectivity index (χ3v) is 2.05. The Morgan fingerprint density at radius 2 is 2.09 bits per heavy atom. The lowest BCUT2D eigenvalue weighted by Gasteiger charge is -2.04. The second-order valence-electron chi connectivity index (χ2n) is 3.04. The Balaban J connectivity index is 3.76. The van der Waals surface area contributed by atoms with Crippen molar-refractivity contribution in [2.75, 3.05) is 0 Å². The van der Waals surface area contributed by atoms with Gasteiger partial charge in [0.15, 0.2) is 0 Å². The second-order valence-corrected chi connectivity index (χ2v) is 3.04. The molecule has 0 aromatic carbocycles. The third-order valence-electron chi connectivity index (χ3n) is 2.05. The normalized spacial score (nSPS) is 15.8. The molecule has 0 heteroatoms. The minimum atomic E-state index is 0.617. The number of hydrogen-bond donors (Lipinski definition) is 0. The van der Waals surface area contributed by atoms with Crippen molar-refractivity contribution in [2.45, 2.75) is 40.5 Å². The molecule has 0 aromatic heterocycles. The van der Waals surface area contributed by atoms with E-state index in [4.69, 9.17) is 0 Å². The van der Waals surface area contributed by atoms with Crippen LogP contribution in [0.3, 0.4) is 0 Å². The Labute approximate surface area is 71.0 Å². The van der Waals surface area contributed by atoms with E-state index in [1.807, 2.05) is 0 Å². The number of rotatable bonds is 4. The van der Waals surface area contributed by atoms with E-state index >= 15 is 0 Å². The molecule has 0 aliphatic carbocycles. The van der Waals surface area contributed by atoms with Crippen molar-refractivity contribution < 1.29 is 0 Å². The van der Waals surface area contributed by atoms with E-state index in [-0.39, 0.29) is 0 Å². The Morgan fingerprint density at radius 3 is 2.55 bits per heavy atom. The van der Waals surface area contributed by atoms with Crippen LogP contribution in [0.4, 0.5) is 0 Å². The minimum absolute atomic E-state index is 0.617. The summed E-state index contributed by atoms with van der Waals surface area (Å²) in [6, 6.07) is 0. The summed E-state index contributed by atoms with van der Waals surface area (Å²) < 4.78 is 0. The fraction of sp³-hybridized carbons (Fsp3) is 0.636. The molecule has 0 spiro atoms. The van der Waals surface area contributed by atoms with E-state index in [1.165, 1.54) is 18.4 Å². The van der Waals surface area contributed by atoms with Gasteiger partial charge in [0.25, 0.3) is 0 Å². The maximum absolute atomic E-state index is 2.29. The molecule has 0 saturated carbocycles. The summed E-state index contributed by atoms with van der Waals surface area (Å²) in [7, 11) is 0. The van der Waals surface area contributed by atoms with E-state index in [1.54, 1.807) is 0 Å². The topological polar surface area (TPSA) is 0 Å². The van der Waals surface area contributed by atoms with Crippen LogP contribution in [0.2, 0.25) is 0 Å². The Kier molecular flexibility index (Phi) is 5.91. The average Bonchev–Trinajstić information content (AvgIpc) is 2.03. The van der Waals surface area contributed by atoms with Crippen LogP contribution in [-0.4, -0.2) is 0 Å². The van der Waals surface area contributed by atoms with Gasteiger partial charge in [0.1, 0.15) is 0 Å². The van der Waals surface area contributed by atoms with Crippen molar-refractivity contribution in [3.8, 4) is 0 Å². The molecule has 0 radical (unpaired) electrons. The van der Waals surface area contributed by atoms with Crippen molar-refractivity contribution in [2.24, 2.45) is 5.92 Å². The molecule has 1 unspecified atom stereocenters. The predicted molar refractivity (Wildman–Crippen MR) is 52.6 cm³/mol. The van der Waals surface area contributed by atoms with Gasteiger partial charge in [0.05, 0.1) is 0 Å². The van der Waals surface area contributed by atoms with Crippen molar-refractivity contribution in [3.05, 3.63) is 23.8 Å². The van der Waals surface area contributed by atoms with Crippen molar-refractivity contribution in [1.82, 2.24) is 0 Å². The molecule has 0 aliphatic heterocycles. The number of unbranched alkanes of at least 4 members (excludes halogenated alkanes) is 1. The molecule has 0 N–H and O–H groups in total. The molecule has 1 atom stereocenters. The van der Waals surface area contributed by atoms with Crippen LogP contribution in [0, 0.1) is 5.92 Å². The molecule has 0 aromatic rings. The summed E-state index contributed by atoms with van der Waals surface area (Å²) >= 11 is 0. The smallest absolute Gasteiger partial charge is 0.00545 e. The van der Waals surface area contributed by atoms with Gasteiger partial charge in [-0.1, -0.05) is 44.1 Å². The Hall–Kier alpha value is -0.520. The van der Waals surface area contributed by atoms with Crippen LogP contribution in [0.15, 0.2) is 23.8 Å². The van der Waals surface area contributed by atoms with E-state index in [9.17, 15) is 0 Å². The van der Waals surface area contributed by atoms with E-state index in [2.05, 4.69) is 45.9 Å². The summed E-state index contributed by atoms with van der Waals surface area (Å²) in [5, 5.41) is 0. The largest absolute Gasteiger partial charge is 0.0882 e. The maximum Gasteiger partial charge on any atom is -0.00545 e. The predicted octanol–water partition coefficient (Wildman–Crippen LogP) is 3.95. The summed E-state index contributed by atoms with van der Waals surface area (Å²) in [6.07, 6.45) is 9.21. The van der Waals surface area contributed by atoms with Crippen molar-refractivity contribution in [3.63, 3.8) is 0 Å². The van der Waals surface area contributed by atoms with E-state index in [0.717, 1.165) is 0 Å². The molecule has 0 saturated heterocycles. The molecule has 11 heavy (non-hydrogen) atoms. The third kappa shape index (κ3) is 4.83. The number of allylic oxidation sites excluding steroid dienone is 4. The van der Waals surface area contributed by atoms with Crippen LogP contribution in [0.1, 0.15) is 40.5 Å². The van der Waals surface area contributed by atoms with Gasteiger partial charge in [0.2, 0.25) is 0 Å². The second kappa shape index (κ2) is 6.21. The molecule has 0 rings (SSSR count). The van der Waals surface area contributed by atoms with Crippen molar-refractivity contribution >= 4 is 0 Å². The van der Waals surface area contributed by atoms with Crippen LogP contribution in [0.25, 0.3) is 0 Å². The van der Waals surface area contributed by atoms with Gasteiger partial charge in [-0.3, -0.25) is 0 Å². The van der Waals surface area contributed by atoms with Crippen molar-refractivity contribution in [1.29, 1.82) is 0 Å². The van der Waals surface area contributed by atoms with Gasteiger partial charge in [-0.2, -0.15) is 0 Å². The molecule has 0 aliphatic rings. The summed E-state index contributed by atoms with van der Waals surface area (Å²) in [6.45, 7) is 8.72. The molecule has 0 nitrogen and oxygen atoms in total. The lowest BCUT2D eigenvalue weighted by molar-refractivity contribution is 0.844. The van der Waals surface area contributed by atoms with Gasteiger partial charge in [0, 0.05) is 0 Å². The maximum atomic E-state index is 2.29. The molecular formula is C11H20. The zero-order valence-electron chi connectivity index (χ0n) is 8.22. The first-order valence-electron chi connectivity index (χ1n) is 4.51. The van der Waals surface area contributed by atoms with Crippen LogP contribution in [-0.2, 0) is 0 Å². The van der Waals surface area contributed by atoms with Gasteiger partial charge >= 0.3 is 0 Å². The van der Waals surface area contributed by atoms with Gasteiger partial charge in [-0.25, -0.2) is 0 Å². The highest BCUT2D eigenvalue weighted by atomic mass is 14.0. The quantitative estimate of drug-likeness (QED) is 0.535. The zero-order valence-corrected chi connectivity index (χ0v) is 8.22. The highest BCUT2D eigenvalue weighted by molar-refractivity contribution is 5.08. The first kappa shape index (κ1) is 10.5. The lowest BCUT2D eigenvalue weighted by Crippen LogP contribution is -1.89. The minimum Gasteiger partial charge on any atom is -0.0882 e.